The summed E-state index contributed by atoms with van der Waals surface area (Å²) in [6.45, 7) is 6.27. The van der Waals surface area contributed by atoms with Crippen molar-refractivity contribution in [2.45, 2.75) is 32.9 Å². The van der Waals surface area contributed by atoms with Crippen LogP contribution in [0.3, 0.4) is 0 Å². The fourth-order valence-corrected chi connectivity index (χ4v) is 6.21. The molecule has 0 spiro atoms. The first-order valence-electron chi connectivity index (χ1n) is 12.1. The Morgan fingerprint density at radius 1 is 1.03 bits per heavy atom. The normalized spacial score (nSPS) is 17.5. The van der Waals surface area contributed by atoms with Gasteiger partial charge in [0, 0.05) is 39.7 Å². The van der Waals surface area contributed by atoms with E-state index in [2.05, 4.69) is 51.3 Å². The zero-order valence-corrected chi connectivity index (χ0v) is 23.8. The van der Waals surface area contributed by atoms with Crippen LogP contribution < -0.4 is 14.9 Å². The van der Waals surface area contributed by atoms with Crippen molar-refractivity contribution in [1.82, 2.24) is 14.9 Å². The predicted octanol–water partition coefficient (Wildman–Crippen LogP) is 6.00. The van der Waals surface area contributed by atoms with Crippen LogP contribution in [0.25, 0.3) is 5.69 Å². The van der Waals surface area contributed by atoms with Gasteiger partial charge < -0.3 is 14.8 Å². The van der Waals surface area contributed by atoms with Gasteiger partial charge in [0.1, 0.15) is 0 Å². The standard InChI is InChI=1S/C28H28ClN5O2S2/c1-17-8-9-20(29)16-25(17)33-18(2)15-23(19(33)3)27-26(24-7-5-6-14-30-24)31-28(37)34(27)22-12-10-21(11-13-22)32-38(4,35)36/h5-16,26-27,32H,1-4H3,(H,31,37)/t26-,27+/m1/s1. The molecule has 2 aromatic heterocycles. The lowest BCUT2D eigenvalue weighted by atomic mass is 9.96. The highest BCUT2D eigenvalue weighted by Crippen LogP contribution is 2.44. The molecule has 4 aromatic rings. The predicted molar refractivity (Wildman–Crippen MR) is 158 cm³/mol. The number of rotatable bonds is 6. The Bertz CT molecular complexity index is 1620. The van der Waals surface area contributed by atoms with E-state index in [4.69, 9.17) is 23.8 Å². The number of aryl methyl sites for hydroxylation is 2. The maximum absolute atomic E-state index is 11.7. The Balaban J connectivity index is 1.65. The molecule has 0 bridgehead atoms. The maximum atomic E-state index is 11.7. The average Bonchev–Trinajstić information content (AvgIpc) is 3.36. The van der Waals surface area contributed by atoms with Gasteiger partial charge in [0.2, 0.25) is 10.0 Å². The van der Waals surface area contributed by atoms with Gasteiger partial charge in [0.15, 0.2) is 5.11 Å². The van der Waals surface area contributed by atoms with Crippen LogP contribution in [-0.2, 0) is 10.0 Å². The maximum Gasteiger partial charge on any atom is 0.229 e. The molecule has 0 radical (unpaired) electrons. The van der Waals surface area contributed by atoms with E-state index in [0.717, 1.165) is 45.8 Å². The Hall–Kier alpha value is -3.40. The molecule has 2 aromatic carbocycles. The largest absolute Gasteiger partial charge is 0.351 e. The monoisotopic (exact) mass is 565 g/mol. The topological polar surface area (TPSA) is 79.3 Å². The Kier molecular flexibility index (Phi) is 6.94. The summed E-state index contributed by atoms with van der Waals surface area (Å²) in [5, 5.41) is 4.74. The summed E-state index contributed by atoms with van der Waals surface area (Å²) in [6.07, 6.45) is 2.91. The summed E-state index contributed by atoms with van der Waals surface area (Å²) in [5.74, 6) is 0. The van der Waals surface area contributed by atoms with Crippen LogP contribution in [0.1, 0.15) is 40.3 Å². The molecule has 2 N–H and O–H groups in total. The molecule has 0 saturated carbocycles. The van der Waals surface area contributed by atoms with Crippen LogP contribution in [0, 0.1) is 20.8 Å². The van der Waals surface area contributed by atoms with Crippen molar-refractivity contribution in [2.24, 2.45) is 0 Å². The van der Waals surface area contributed by atoms with E-state index in [1.54, 1.807) is 18.3 Å². The summed E-state index contributed by atoms with van der Waals surface area (Å²) in [7, 11) is -3.38. The molecule has 10 heteroatoms. The number of aromatic nitrogens is 2. The molecular formula is C28H28ClN5O2S2. The summed E-state index contributed by atoms with van der Waals surface area (Å²) in [5.41, 5.74) is 7.61. The molecule has 1 fully saturated rings. The fraction of sp³-hybridized carbons (Fsp3) is 0.214. The van der Waals surface area contributed by atoms with Crippen LogP contribution in [0.5, 0.6) is 0 Å². The summed E-state index contributed by atoms with van der Waals surface area (Å²) in [4.78, 5) is 6.73. The van der Waals surface area contributed by atoms with Gasteiger partial charge in [-0.3, -0.25) is 9.71 Å². The first kappa shape index (κ1) is 26.2. The highest BCUT2D eigenvalue weighted by atomic mass is 35.5. The lowest BCUT2D eigenvalue weighted by Crippen LogP contribution is -2.29. The zero-order chi connectivity index (χ0) is 27.2. The lowest BCUT2D eigenvalue weighted by Gasteiger charge is -2.28. The van der Waals surface area contributed by atoms with E-state index in [1.165, 1.54) is 0 Å². The van der Waals surface area contributed by atoms with E-state index in [0.29, 0.717) is 15.8 Å². The number of hydrogen-bond acceptors (Lipinski definition) is 4. The highest BCUT2D eigenvalue weighted by Gasteiger charge is 2.42. The van der Waals surface area contributed by atoms with Crippen molar-refractivity contribution in [3.05, 3.63) is 106 Å². The van der Waals surface area contributed by atoms with Gasteiger partial charge in [0.05, 0.1) is 24.0 Å². The molecule has 196 valence electrons. The number of thiocarbonyl (C=S) groups is 1. The Labute approximate surface area is 233 Å². The molecule has 1 saturated heterocycles. The first-order valence-corrected chi connectivity index (χ1v) is 14.7. The summed E-state index contributed by atoms with van der Waals surface area (Å²) >= 11 is 12.2. The average molecular weight is 566 g/mol. The Morgan fingerprint density at radius 3 is 2.42 bits per heavy atom. The lowest BCUT2D eigenvalue weighted by molar-refractivity contribution is 0.565. The number of nitrogens with zero attached hydrogens (tertiary/aromatic N) is 3. The van der Waals surface area contributed by atoms with Crippen molar-refractivity contribution in [3.63, 3.8) is 0 Å². The molecule has 1 aliphatic heterocycles. The number of sulfonamides is 1. The summed E-state index contributed by atoms with van der Waals surface area (Å²) < 4.78 is 28.1. The van der Waals surface area contributed by atoms with Crippen molar-refractivity contribution in [2.75, 3.05) is 15.9 Å². The van der Waals surface area contributed by atoms with E-state index in [-0.39, 0.29) is 12.1 Å². The quantitative estimate of drug-likeness (QED) is 0.279. The van der Waals surface area contributed by atoms with Crippen molar-refractivity contribution < 1.29 is 8.42 Å². The van der Waals surface area contributed by atoms with Crippen LogP contribution in [0.15, 0.2) is 72.9 Å². The second kappa shape index (κ2) is 10.1. The number of benzene rings is 2. The van der Waals surface area contributed by atoms with Gasteiger partial charge in [-0.2, -0.15) is 0 Å². The van der Waals surface area contributed by atoms with E-state index in [1.807, 2.05) is 48.5 Å². The molecular weight excluding hydrogens is 538 g/mol. The molecule has 0 unspecified atom stereocenters. The molecule has 0 aliphatic carbocycles. The second-order valence-electron chi connectivity index (χ2n) is 9.51. The second-order valence-corrected chi connectivity index (χ2v) is 12.1. The Morgan fingerprint density at radius 2 is 1.76 bits per heavy atom. The van der Waals surface area contributed by atoms with Gasteiger partial charge in [-0.25, -0.2) is 8.42 Å². The van der Waals surface area contributed by atoms with Gasteiger partial charge in [-0.05, 0) is 98.7 Å². The number of pyridine rings is 1. The fourth-order valence-electron chi connectivity index (χ4n) is 5.13. The van der Waals surface area contributed by atoms with Crippen molar-refractivity contribution in [1.29, 1.82) is 0 Å². The SMILES string of the molecule is Cc1ccc(Cl)cc1-n1c(C)cc([C@H]2[C@@H](c3ccccn3)NC(=S)N2c2ccc(NS(C)(=O)=O)cc2)c1C. The minimum Gasteiger partial charge on any atom is -0.351 e. The molecule has 38 heavy (non-hydrogen) atoms. The van der Waals surface area contributed by atoms with E-state index in [9.17, 15) is 8.42 Å². The summed E-state index contributed by atoms with van der Waals surface area (Å²) in [6, 6.07) is 20.8. The van der Waals surface area contributed by atoms with Crippen LogP contribution in [-0.4, -0.2) is 29.3 Å². The van der Waals surface area contributed by atoms with Gasteiger partial charge >= 0.3 is 0 Å². The minimum absolute atomic E-state index is 0.202. The van der Waals surface area contributed by atoms with Gasteiger partial charge in [-0.1, -0.05) is 23.7 Å². The van der Waals surface area contributed by atoms with Gasteiger partial charge in [0.25, 0.3) is 0 Å². The van der Waals surface area contributed by atoms with Gasteiger partial charge in [-0.15, -0.1) is 0 Å². The third-order valence-electron chi connectivity index (χ3n) is 6.75. The molecule has 0 amide bonds. The van der Waals surface area contributed by atoms with Crippen LogP contribution in [0.2, 0.25) is 5.02 Å². The minimum atomic E-state index is -3.38. The number of halogens is 1. The first-order chi connectivity index (χ1) is 18.0. The molecule has 1 aliphatic rings. The third-order valence-corrected chi connectivity index (χ3v) is 7.90. The van der Waals surface area contributed by atoms with Crippen LogP contribution in [0.4, 0.5) is 11.4 Å². The van der Waals surface area contributed by atoms with E-state index < -0.39 is 10.0 Å². The molecule has 7 nitrogen and oxygen atoms in total. The number of anilines is 2. The number of nitrogens with one attached hydrogen (secondary N) is 2. The number of hydrogen-bond donors (Lipinski definition) is 2. The molecule has 3 heterocycles. The molecule has 5 rings (SSSR count). The zero-order valence-electron chi connectivity index (χ0n) is 21.4. The third kappa shape index (κ3) is 5.01. The van der Waals surface area contributed by atoms with Crippen molar-refractivity contribution in [3.8, 4) is 5.69 Å². The van der Waals surface area contributed by atoms with Crippen LogP contribution >= 0.6 is 23.8 Å². The smallest absolute Gasteiger partial charge is 0.229 e. The van der Waals surface area contributed by atoms with E-state index >= 15 is 0 Å². The highest BCUT2D eigenvalue weighted by molar-refractivity contribution is 7.92. The molecule has 2 atom stereocenters. The van der Waals surface area contributed by atoms with Crippen molar-refractivity contribution >= 4 is 50.3 Å².